The zero-order chi connectivity index (χ0) is 19.2. The fourth-order valence-electron chi connectivity index (χ4n) is 3.14. The molecule has 142 valence electrons. The molecule has 1 aliphatic heterocycles. The van der Waals surface area contributed by atoms with Crippen LogP contribution in [0.25, 0.3) is 0 Å². The molecule has 1 fully saturated rings. The van der Waals surface area contributed by atoms with Crippen LogP contribution in [0.15, 0.2) is 48.5 Å². The topological polar surface area (TPSA) is 59.1 Å². The van der Waals surface area contributed by atoms with Crippen LogP contribution in [0, 0.1) is 0 Å². The zero-order valence-corrected chi connectivity index (χ0v) is 15.7. The monoisotopic (exact) mass is 368 g/mol. The second-order valence-corrected chi connectivity index (χ2v) is 6.26. The van der Waals surface area contributed by atoms with Crippen molar-refractivity contribution < 1.29 is 19.1 Å². The van der Waals surface area contributed by atoms with Gasteiger partial charge in [0.25, 0.3) is 5.91 Å². The van der Waals surface area contributed by atoms with E-state index in [1.54, 1.807) is 47.2 Å². The molecular weight excluding hydrogens is 344 g/mol. The third-order valence-electron chi connectivity index (χ3n) is 4.52. The predicted molar refractivity (Wildman–Crippen MR) is 103 cm³/mol. The Morgan fingerprint density at radius 2 is 1.89 bits per heavy atom. The molecule has 6 nitrogen and oxygen atoms in total. The lowest BCUT2D eigenvalue weighted by atomic mass is 10.1. The lowest BCUT2D eigenvalue weighted by molar-refractivity contribution is -0.127. The first-order valence-corrected chi connectivity index (χ1v) is 9.09. The minimum atomic E-state index is -0.192. The largest absolute Gasteiger partial charge is 0.495 e. The first kappa shape index (κ1) is 18.8. The van der Waals surface area contributed by atoms with E-state index in [1.807, 2.05) is 25.1 Å². The van der Waals surface area contributed by atoms with Gasteiger partial charge in [-0.3, -0.25) is 14.5 Å². The Kier molecular flexibility index (Phi) is 5.96. The second-order valence-electron chi connectivity index (χ2n) is 6.26. The quantitative estimate of drug-likeness (QED) is 0.752. The van der Waals surface area contributed by atoms with E-state index in [0.29, 0.717) is 42.3 Å². The van der Waals surface area contributed by atoms with E-state index in [1.165, 1.54) is 0 Å². The van der Waals surface area contributed by atoms with Gasteiger partial charge in [0, 0.05) is 18.5 Å². The Morgan fingerprint density at radius 1 is 1.15 bits per heavy atom. The van der Waals surface area contributed by atoms with Crippen LogP contribution >= 0.6 is 0 Å². The van der Waals surface area contributed by atoms with Crippen molar-refractivity contribution >= 4 is 17.5 Å². The molecule has 2 aromatic rings. The van der Waals surface area contributed by atoms with E-state index in [0.717, 1.165) is 6.42 Å². The number of amides is 2. The molecule has 2 aromatic carbocycles. The second kappa shape index (κ2) is 8.58. The molecule has 0 radical (unpaired) electrons. The van der Waals surface area contributed by atoms with Crippen molar-refractivity contribution in [1.29, 1.82) is 0 Å². The summed E-state index contributed by atoms with van der Waals surface area (Å²) in [6.07, 6.45) is 1.34. The van der Waals surface area contributed by atoms with Crippen molar-refractivity contribution in [1.82, 2.24) is 4.90 Å². The molecule has 0 aromatic heterocycles. The predicted octanol–water partition coefficient (Wildman–Crippen LogP) is 3.32. The number of benzene rings is 2. The number of hydrogen-bond acceptors (Lipinski definition) is 4. The van der Waals surface area contributed by atoms with Crippen LogP contribution in [0.1, 0.15) is 30.1 Å². The van der Waals surface area contributed by atoms with Crippen molar-refractivity contribution in [3.05, 3.63) is 54.1 Å². The number of likely N-dealkylation sites (tertiary alicyclic amines) is 1. The van der Waals surface area contributed by atoms with Gasteiger partial charge in [0.1, 0.15) is 18.2 Å². The average Bonchev–Trinajstić information content (AvgIpc) is 3.11. The molecule has 1 heterocycles. The molecule has 1 saturated heterocycles. The van der Waals surface area contributed by atoms with Gasteiger partial charge in [-0.15, -0.1) is 0 Å². The van der Waals surface area contributed by atoms with Gasteiger partial charge in [0.05, 0.1) is 19.4 Å². The summed E-state index contributed by atoms with van der Waals surface area (Å²) in [5, 5.41) is 0. The molecule has 6 heteroatoms. The van der Waals surface area contributed by atoms with Crippen molar-refractivity contribution in [2.75, 3.05) is 31.8 Å². The highest BCUT2D eigenvalue weighted by molar-refractivity contribution is 6.07. The third kappa shape index (κ3) is 4.22. The van der Waals surface area contributed by atoms with Gasteiger partial charge < -0.3 is 14.4 Å². The Balaban J connectivity index is 1.92. The lowest BCUT2D eigenvalue weighted by Gasteiger charge is -2.29. The van der Waals surface area contributed by atoms with Gasteiger partial charge in [-0.05, 0) is 49.7 Å². The van der Waals surface area contributed by atoms with E-state index in [4.69, 9.17) is 9.47 Å². The SMILES string of the molecule is CCOc1ccc(C(=O)N(CN2CCCC2=O)c2ccccc2OC)cc1. The molecule has 27 heavy (non-hydrogen) atoms. The fourth-order valence-corrected chi connectivity index (χ4v) is 3.14. The number of ether oxygens (including phenoxy) is 2. The average molecular weight is 368 g/mol. The van der Waals surface area contributed by atoms with Gasteiger partial charge in [0.15, 0.2) is 0 Å². The van der Waals surface area contributed by atoms with Gasteiger partial charge >= 0.3 is 0 Å². The minimum Gasteiger partial charge on any atom is -0.495 e. The number of carbonyl (C=O) groups excluding carboxylic acids is 2. The number of para-hydroxylation sites is 2. The van der Waals surface area contributed by atoms with Gasteiger partial charge in [0.2, 0.25) is 5.91 Å². The molecule has 0 saturated carbocycles. The summed E-state index contributed by atoms with van der Waals surface area (Å²) in [4.78, 5) is 28.7. The summed E-state index contributed by atoms with van der Waals surface area (Å²) in [5.41, 5.74) is 1.16. The normalized spacial score (nSPS) is 13.6. The highest BCUT2D eigenvalue weighted by Crippen LogP contribution is 2.30. The zero-order valence-electron chi connectivity index (χ0n) is 15.7. The van der Waals surface area contributed by atoms with E-state index in [-0.39, 0.29) is 18.5 Å². The lowest BCUT2D eigenvalue weighted by Crippen LogP contribution is -2.42. The van der Waals surface area contributed by atoms with Crippen LogP contribution in [-0.2, 0) is 4.79 Å². The number of methoxy groups -OCH3 is 1. The van der Waals surface area contributed by atoms with Crippen LogP contribution in [0.3, 0.4) is 0 Å². The van der Waals surface area contributed by atoms with Crippen LogP contribution in [0.4, 0.5) is 5.69 Å². The summed E-state index contributed by atoms with van der Waals surface area (Å²) < 4.78 is 10.9. The van der Waals surface area contributed by atoms with Crippen molar-refractivity contribution in [3.63, 3.8) is 0 Å². The Hall–Kier alpha value is -3.02. The molecule has 0 N–H and O–H groups in total. The van der Waals surface area contributed by atoms with Gasteiger partial charge in [-0.25, -0.2) is 0 Å². The maximum absolute atomic E-state index is 13.3. The Bertz CT molecular complexity index is 804. The van der Waals surface area contributed by atoms with Crippen LogP contribution in [-0.4, -0.2) is 43.6 Å². The maximum atomic E-state index is 13.3. The van der Waals surface area contributed by atoms with E-state index >= 15 is 0 Å². The van der Waals surface area contributed by atoms with Crippen molar-refractivity contribution in [3.8, 4) is 11.5 Å². The number of nitrogens with zero attached hydrogens (tertiary/aromatic N) is 2. The summed E-state index contributed by atoms with van der Waals surface area (Å²) in [6, 6.07) is 14.4. The third-order valence-corrected chi connectivity index (χ3v) is 4.52. The van der Waals surface area contributed by atoms with Crippen LogP contribution < -0.4 is 14.4 Å². The summed E-state index contributed by atoms with van der Waals surface area (Å²) in [5.74, 6) is 1.17. The molecule has 3 rings (SSSR count). The molecule has 0 unspecified atom stereocenters. The number of anilines is 1. The van der Waals surface area contributed by atoms with Crippen LogP contribution in [0.5, 0.6) is 11.5 Å². The minimum absolute atomic E-state index is 0.0643. The Morgan fingerprint density at radius 3 is 2.52 bits per heavy atom. The smallest absolute Gasteiger partial charge is 0.259 e. The molecule has 0 atom stereocenters. The molecular formula is C21H24N2O4. The van der Waals surface area contributed by atoms with E-state index < -0.39 is 0 Å². The number of rotatable bonds is 7. The standard InChI is InChI=1S/C21H24N2O4/c1-3-27-17-12-10-16(11-13-17)21(25)23(15-22-14-6-9-20(22)24)18-7-4-5-8-19(18)26-2/h4-5,7-8,10-13H,3,6,9,14-15H2,1-2H3. The number of carbonyl (C=O) groups is 2. The molecule has 0 aliphatic carbocycles. The van der Waals surface area contributed by atoms with Crippen molar-refractivity contribution in [2.45, 2.75) is 19.8 Å². The summed E-state index contributed by atoms with van der Waals surface area (Å²) in [7, 11) is 1.57. The number of hydrogen-bond donors (Lipinski definition) is 0. The Labute approximate surface area is 159 Å². The summed E-state index contributed by atoms with van der Waals surface area (Å²) in [6.45, 7) is 3.33. The van der Waals surface area contributed by atoms with Crippen molar-refractivity contribution in [2.24, 2.45) is 0 Å². The van der Waals surface area contributed by atoms with Crippen LogP contribution in [0.2, 0.25) is 0 Å². The highest BCUT2D eigenvalue weighted by atomic mass is 16.5. The van der Waals surface area contributed by atoms with E-state index in [2.05, 4.69) is 0 Å². The highest BCUT2D eigenvalue weighted by Gasteiger charge is 2.27. The first-order chi connectivity index (χ1) is 13.1. The fraction of sp³-hybridized carbons (Fsp3) is 0.333. The maximum Gasteiger partial charge on any atom is 0.259 e. The molecule has 1 aliphatic rings. The van der Waals surface area contributed by atoms with Gasteiger partial charge in [-0.2, -0.15) is 0 Å². The molecule has 2 amide bonds. The summed E-state index contributed by atoms with van der Waals surface area (Å²) >= 11 is 0. The molecule has 0 bridgehead atoms. The first-order valence-electron chi connectivity index (χ1n) is 9.09. The molecule has 0 spiro atoms. The van der Waals surface area contributed by atoms with Gasteiger partial charge in [-0.1, -0.05) is 12.1 Å². The van der Waals surface area contributed by atoms with E-state index in [9.17, 15) is 9.59 Å².